The minimum absolute atomic E-state index is 0. The topological polar surface area (TPSA) is 3.24 Å². The largest absolute Gasteiger partial charge is 0.344 e. The van der Waals surface area contributed by atoms with Crippen LogP contribution in [0.4, 0.5) is 11.4 Å². The second-order valence-corrected chi connectivity index (χ2v) is 4.48. The summed E-state index contributed by atoms with van der Waals surface area (Å²) in [4.78, 5) is 2.20. The number of fused-ring (bicyclic) bond motifs is 2. The molecule has 0 atom stereocenters. The zero-order valence-corrected chi connectivity index (χ0v) is 11.0. The number of alkyl halides is 1. The number of halogens is 2. The molecule has 0 fully saturated rings. The fourth-order valence-corrected chi connectivity index (χ4v) is 2.68. The molecule has 1 nitrogen and oxygen atoms in total. The minimum atomic E-state index is -0.0383. The molecule has 0 saturated carbocycles. The van der Waals surface area contributed by atoms with Crippen LogP contribution in [0.2, 0.25) is 0 Å². The molecule has 0 spiro atoms. The third-order valence-corrected chi connectivity index (χ3v) is 3.61. The molecular weight excluding hydrogens is 253 g/mol. The van der Waals surface area contributed by atoms with E-state index in [9.17, 15) is 0 Å². The second-order valence-electron chi connectivity index (χ2n) is 4.04. The summed E-state index contributed by atoms with van der Waals surface area (Å²) < 4.78 is 0. The van der Waals surface area contributed by atoms with Gasteiger partial charge < -0.3 is 4.90 Å². The van der Waals surface area contributed by atoms with Crippen LogP contribution >= 0.6 is 24.0 Å². The van der Waals surface area contributed by atoms with E-state index in [1.807, 2.05) is 24.3 Å². The van der Waals surface area contributed by atoms with Gasteiger partial charge in [0.1, 0.15) is 0 Å². The van der Waals surface area contributed by atoms with E-state index >= 15 is 0 Å². The van der Waals surface area contributed by atoms with Gasteiger partial charge in [0.25, 0.3) is 0 Å². The van der Waals surface area contributed by atoms with Crippen molar-refractivity contribution in [3.8, 4) is 0 Å². The van der Waals surface area contributed by atoms with E-state index in [1.165, 1.54) is 22.5 Å². The van der Waals surface area contributed by atoms with Crippen molar-refractivity contribution in [3.05, 3.63) is 59.7 Å². The van der Waals surface area contributed by atoms with Crippen LogP contribution in [0.3, 0.4) is 0 Å². The summed E-state index contributed by atoms with van der Waals surface area (Å²) in [6, 6.07) is 16.6. The second kappa shape index (κ2) is 4.59. The Labute approximate surface area is 112 Å². The molecule has 0 saturated heterocycles. The van der Waals surface area contributed by atoms with Crippen molar-refractivity contribution in [1.29, 1.82) is 0 Å². The van der Waals surface area contributed by atoms with Crippen LogP contribution < -0.4 is 4.90 Å². The fraction of sp³-hybridized carbons (Fsp3) is 0.143. The molecule has 2 aromatic carbocycles. The molecule has 2 aromatic rings. The quantitative estimate of drug-likeness (QED) is 0.634. The summed E-state index contributed by atoms with van der Waals surface area (Å²) in [5, 5.41) is -0.0383. The fourth-order valence-electron chi connectivity index (χ4n) is 2.31. The SMILES string of the molecule is CN1c2ccccc2C(Cl)c2ccccc21.Cl. The maximum Gasteiger partial charge on any atom is 0.0875 e. The van der Waals surface area contributed by atoms with Crippen molar-refractivity contribution in [1.82, 2.24) is 0 Å². The first-order valence-electron chi connectivity index (χ1n) is 5.34. The minimum Gasteiger partial charge on any atom is -0.344 e. The zero-order valence-electron chi connectivity index (χ0n) is 9.43. The predicted octanol–water partition coefficient (Wildman–Crippen LogP) is 4.52. The molecule has 0 aromatic heterocycles. The highest BCUT2D eigenvalue weighted by Gasteiger charge is 2.26. The molecule has 1 aliphatic heterocycles. The van der Waals surface area contributed by atoms with Gasteiger partial charge in [-0.25, -0.2) is 0 Å². The molecule has 0 bridgehead atoms. The third-order valence-electron chi connectivity index (χ3n) is 3.14. The van der Waals surface area contributed by atoms with Crippen LogP contribution in [-0.2, 0) is 0 Å². The number of para-hydroxylation sites is 2. The number of benzene rings is 2. The Morgan fingerprint density at radius 2 is 1.29 bits per heavy atom. The van der Waals surface area contributed by atoms with Crippen molar-refractivity contribution >= 4 is 35.4 Å². The molecule has 0 radical (unpaired) electrons. The van der Waals surface area contributed by atoms with Crippen LogP contribution in [0.15, 0.2) is 48.5 Å². The van der Waals surface area contributed by atoms with Gasteiger partial charge in [-0.15, -0.1) is 24.0 Å². The van der Waals surface area contributed by atoms with Gasteiger partial charge in [-0.3, -0.25) is 0 Å². The van der Waals surface area contributed by atoms with Gasteiger partial charge in [-0.05, 0) is 23.3 Å². The van der Waals surface area contributed by atoms with Crippen LogP contribution in [0, 0.1) is 0 Å². The Morgan fingerprint density at radius 1 is 0.882 bits per heavy atom. The smallest absolute Gasteiger partial charge is 0.0875 e. The maximum atomic E-state index is 6.52. The van der Waals surface area contributed by atoms with Gasteiger partial charge in [-0.2, -0.15) is 0 Å². The lowest BCUT2D eigenvalue weighted by molar-refractivity contribution is 1.03. The van der Waals surface area contributed by atoms with E-state index in [2.05, 4.69) is 36.2 Å². The van der Waals surface area contributed by atoms with Gasteiger partial charge in [-0.1, -0.05) is 36.4 Å². The highest BCUT2D eigenvalue weighted by Crippen LogP contribution is 2.45. The molecule has 88 valence electrons. The first-order valence-corrected chi connectivity index (χ1v) is 5.78. The van der Waals surface area contributed by atoms with E-state index in [1.54, 1.807) is 0 Å². The van der Waals surface area contributed by atoms with Crippen molar-refractivity contribution in [2.75, 3.05) is 11.9 Å². The predicted molar refractivity (Wildman–Crippen MR) is 75.9 cm³/mol. The molecule has 0 amide bonds. The standard InChI is InChI=1S/C14H12ClN.ClH/c1-16-12-8-4-2-6-10(12)14(15)11-7-3-5-9-13(11)16;/h2-9,14H,1H3;1H. The highest BCUT2D eigenvalue weighted by atomic mass is 35.5. The van der Waals surface area contributed by atoms with Crippen molar-refractivity contribution < 1.29 is 0 Å². The van der Waals surface area contributed by atoms with Crippen molar-refractivity contribution in [3.63, 3.8) is 0 Å². The lowest BCUT2D eigenvalue weighted by atomic mass is 9.95. The molecule has 0 aliphatic carbocycles. The normalized spacial score (nSPS) is 13.6. The van der Waals surface area contributed by atoms with Crippen LogP contribution in [-0.4, -0.2) is 7.05 Å². The molecule has 1 heterocycles. The zero-order chi connectivity index (χ0) is 11.1. The summed E-state index contributed by atoms with van der Waals surface area (Å²) >= 11 is 6.52. The number of anilines is 2. The first-order chi connectivity index (χ1) is 7.79. The van der Waals surface area contributed by atoms with Crippen molar-refractivity contribution in [2.45, 2.75) is 5.38 Å². The summed E-state index contributed by atoms with van der Waals surface area (Å²) in [6.45, 7) is 0. The summed E-state index contributed by atoms with van der Waals surface area (Å²) in [5.41, 5.74) is 4.76. The maximum absolute atomic E-state index is 6.52. The van der Waals surface area contributed by atoms with Crippen LogP contribution in [0.1, 0.15) is 16.5 Å². The first kappa shape index (κ1) is 12.3. The van der Waals surface area contributed by atoms with E-state index in [0.29, 0.717) is 0 Å². The van der Waals surface area contributed by atoms with Crippen LogP contribution in [0.5, 0.6) is 0 Å². The Balaban J connectivity index is 0.00000108. The molecule has 3 heteroatoms. The molecule has 17 heavy (non-hydrogen) atoms. The summed E-state index contributed by atoms with van der Waals surface area (Å²) in [6.07, 6.45) is 0. The van der Waals surface area contributed by atoms with E-state index in [4.69, 9.17) is 11.6 Å². The monoisotopic (exact) mass is 265 g/mol. The van der Waals surface area contributed by atoms with Gasteiger partial charge in [0.05, 0.1) is 5.38 Å². The lowest BCUT2D eigenvalue weighted by Gasteiger charge is -2.32. The average molecular weight is 266 g/mol. The van der Waals surface area contributed by atoms with E-state index in [-0.39, 0.29) is 17.8 Å². The lowest BCUT2D eigenvalue weighted by Crippen LogP contribution is -2.19. The molecular formula is C14H13Cl2N. The van der Waals surface area contributed by atoms with Crippen molar-refractivity contribution in [2.24, 2.45) is 0 Å². The van der Waals surface area contributed by atoms with Gasteiger partial charge >= 0.3 is 0 Å². The number of hydrogen-bond donors (Lipinski definition) is 0. The number of nitrogens with zero attached hydrogens (tertiary/aromatic N) is 1. The Hall–Kier alpha value is -1.18. The molecule has 0 unspecified atom stereocenters. The Bertz CT molecular complexity index is 444. The molecule has 1 aliphatic rings. The van der Waals surface area contributed by atoms with E-state index < -0.39 is 0 Å². The van der Waals surface area contributed by atoms with Gasteiger partial charge in [0, 0.05) is 18.4 Å². The van der Waals surface area contributed by atoms with Gasteiger partial charge in [0.2, 0.25) is 0 Å². The number of hydrogen-bond acceptors (Lipinski definition) is 1. The molecule has 3 rings (SSSR count). The van der Waals surface area contributed by atoms with E-state index in [0.717, 1.165) is 0 Å². The van der Waals surface area contributed by atoms with Gasteiger partial charge in [0.15, 0.2) is 0 Å². The molecule has 0 N–H and O–H groups in total. The Morgan fingerprint density at radius 3 is 1.76 bits per heavy atom. The summed E-state index contributed by atoms with van der Waals surface area (Å²) in [7, 11) is 2.08. The summed E-state index contributed by atoms with van der Waals surface area (Å²) in [5.74, 6) is 0. The highest BCUT2D eigenvalue weighted by molar-refractivity contribution is 6.24. The van der Waals surface area contributed by atoms with Crippen LogP contribution in [0.25, 0.3) is 0 Å². The number of rotatable bonds is 0. The third kappa shape index (κ3) is 1.80. The average Bonchev–Trinajstić information content (AvgIpc) is 2.36. The Kier molecular flexibility index (Phi) is 3.32.